The zero-order valence-electron chi connectivity index (χ0n) is 13.4. The second kappa shape index (κ2) is 7.87. The lowest BCUT2D eigenvalue weighted by Crippen LogP contribution is -2.10. The Hall–Kier alpha value is -2.21. The standard InChI is InChI=1S/C17H22O6/c1-11(2)5-4-9-22-16-14(19)12-6-3-7-13(21-10-8-18)15(12)23-17(16)20/h3,6-7,11,18-19H,4-5,8-10H2,1-2H3. The number of para-hydroxylation sites is 1. The third kappa shape index (κ3) is 4.16. The summed E-state index contributed by atoms with van der Waals surface area (Å²) in [5.41, 5.74) is -0.613. The smallest absolute Gasteiger partial charge is 0.383 e. The maximum absolute atomic E-state index is 12.1. The highest BCUT2D eigenvalue weighted by atomic mass is 16.5. The molecule has 23 heavy (non-hydrogen) atoms. The van der Waals surface area contributed by atoms with Crippen molar-refractivity contribution in [1.29, 1.82) is 0 Å². The molecule has 0 spiro atoms. The molecule has 2 N–H and O–H groups in total. The van der Waals surface area contributed by atoms with E-state index in [1.807, 2.05) is 0 Å². The molecule has 6 nitrogen and oxygen atoms in total. The van der Waals surface area contributed by atoms with E-state index in [4.69, 9.17) is 19.0 Å². The Bertz CT molecular complexity index is 704. The first kappa shape index (κ1) is 17.1. The van der Waals surface area contributed by atoms with Crippen LogP contribution in [0.3, 0.4) is 0 Å². The van der Waals surface area contributed by atoms with Crippen LogP contribution >= 0.6 is 0 Å². The average molecular weight is 322 g/mol. The van der Waals surface area contributed by atoms with E-state index in [1.165, 1.54) is 0 Å². The quantitative estimate of drug-likeness (QED) is 0.574. The van der Waals surface area contributed by atoms with Crippen molar-refractivity contribution in [3.8, 4) is 17.2 Å². The lowest BCUT2D eigenvalue weighted by molar-refractivity contribution is 0.201. The van der Waals surface area contributed by atoms with Crippen molar-refractivity contribution in [3.05, 3.63) is 28.6 Å². The molecule has 0 saturated carbocycles. The molecule has 0 atom stereocenters. The lowest BCUT2D eigenvalue weighted by Gasteiger charge is -2.11. The zero-order chi connectivity index (χ0) is 16.8. The van der Waals surface area contributed by atoms with Gasteiger partial charge >= 0.3 is 5.63 Å². The summed E-state index contributed by atoms with van der Waals surface area (Å²) < 4.78 is 16.0. The second-order valence-electron chi connectivity index (χ2n) is 5.66. The Kier molecular flexibility index (Phi) is 5.87. The summed E-state index contributed by atoms with van der Waals surface area (Å²) >= 11 is 0. The monoisotopic (exact) mass is 322 g/mol. The Balaban J connectivity index is 2.28. The number of hydrogen-bond donors (Lipinski definition) is 2. The average Bonchev–Trinajstić information content (AvgIpc) is 2.52. The molecule has 1 aromatic heterocycles. The Morgan fingerprint density at radius 2 is 2.00 bits per heavy atom. The van der Waals surface area contributed by atoms with Crippen LogP contribution in [0.15, 0.2) is 27.4 Å². The summed E-state index contributed by atoms with van der Waals surface area (Å²) in [7, 11) is 0. The summed E-state index contributed by atoms with van der Waals surface area (Å²) in [6, 6.07) is 4.88. The molecule has 0 saturated heterocycles. The van der Waals surface area contributed by atoms with Crippen molar-refractivity contribution in [2.45, 2.75) is 26.7 Å². The van der Waals surface area contributed by atoms with Crippen LogP contribution in [0.5, 0.6) is 17.2 Å². The number of aromatic hydroxyl groups is 1. The van der Waals surface area contributed by atoms with Gasteiger partial charge in [0.15, 0.2) is 17.1 Å². The van der Waals surface area contributed by atoms with Gasteiger partial charge in [0.05, 0.1) is 18.6 Å². The first-order chi connectivity index (χ1) is 11.0. The fourth-order valence-corrected chi connectivity index (χ4v) is 2.23. The molecule has 0 fully saturated rings. The van der Waals surface area contributed by atoms with Crippen LogP contribution in [0.1, 0.15) is 26.7 Å². The highest BCUT2D eigenvalue weighted by molar-refractivity contribution is 5.89. The predicted octanol–water partition coefficient (Wildman–Crippen LogP) is 2.68. The lowest BCUT2D eigenvalue weighted by atomic mass is 10.1. The van der Waals surface area contributed by atoms with E-state index in [1.54, 1.807) is 18.2 Å². The number of aliphatic hydroxyl groups is 1. The van der Waals surface area contributed by atoms with Crippen molar-refractivity contribution >= 4 is 11.0 Å². The largest absolute Gasteiger partial charge is 0.504 e. The van der Waals surface area contributed by atoms with Crippen molar-refractivity contribution < 1.29 is 24.1 Å². The van der Waals surface area contributed by atoms with Crippen molar-refractivity contribution in [2.75, 3.05) is 19.8 Å². The number of rotatable bonds is 8. The predicted molar refractivity (Wildman–Crippen MR) is 86.3 cm³/mol. The van der Waals surface area contributed by atoms with Gasteiger partial charge in [-0.1, -0.05) is 19.9 Å². The van der Waals surface area contributed by atoms with Crippen LogP contribution in [0, 0.1) is 5.92 Å². The van der Waals surface area contributed by atoms with Crippen LogP contribution in [-0.4, -0.2) is 30.0 Å². The normalized spacial score (nSPS) is 11.1. The Morgan fingerprint density at radius 3 is 2.70 bits per heavy atom. The molecule has 0 unspecified atom stereocenters. The van der Waals surface area contributed by atoms with E-state index in [9.17, 15) is 9.90 Å². The maximum Gasteiger partial charge on any atom is 0.383 e. The van der Waals surface area contributed by atoms with Gasteiger partial charge in [-0.2, -0.15) is 0 Å². The molecule has 1 aromatic carbocycles. The van der Waals surface area contributed by atoms with Gasteiger partial charge in [-0.05, 0) is 30.9 Å². The van der Waals surface area contributed by atoms with Crippen LogP contribution in [0.4, 0.5) is 0 Å². The highest BCUT2D eigenvalue weighted by Crippen LogP contribution is 2.35. The Labute approximate surface area is 134 Å². The molecule has 0 aliphatic carbocycles. The third-order valence-corrected chi connectivity index (χ3v) is 3.35. The van der Waals surface area contributed by atoms with Gasteiger partial charge in [0.1, 0.15) is 6.61 Å². The number of hydrogen-bond acceptors (Lipinski definition) is 6. The van der Waals surface area contributed by atoms with E-state index in [0.29, 0.717) is 17.9 Å². The fraction of sp³-hybridized carbons (Fsp3) is 0.471. The fourth-order valence-electron chi connectivity index (χ4n) is 2.23. The molecule has 2 rings (SSSR count). The first-order valence-corrected chi connectivity index (χ1v) is 7.69. The molecule has 0 aliphatic rings. The summed E-state index contributed by atoms with van der Waals surface area (Å²) in [5, 5.41) is 19.5. The summed E-state index contributed by atoms with van der Waals surface area (Å²) in [4.78, 5) is 12.1. The summed E-state index contributed by atoms with van der Waals surface area (Å²) in [6.45, 7) is 4.45. The topological polar surface area (TPSA) is 89.1 Å². The van der Waals surface area contributed by atoms with Crippen LogP contribution in [0.2, 0.25) is 0 Å². The molecule has 0 bridgehead atoms. The third-order valence-electron chi connectivity index (χ3n) is 3.35. The van der Waals surface area contributed by atoms with Crippen molar-refractivity contribution in [1.82, 2.24) is 0 Å². The van der Waals surface area contributed by atoms with Crippen molar-refractivity contribution in [3.63, 3.8) is 0 Å². The molecule has 1 heterocycles. The van der Waals surface area contributed by atoms with Crippen LogP contribution < -0.4 is 15.1 Å². The van der Waals surface area contributed by atoms with E-state index >= 15 is 0 Å². The summed E-state index contributed by atoms with van der Waals surface area (Å²) in [6.07, 6.45) is 1.76. The van der Waals surface area contributed by atoms with Gasteiger partial charge in [-0.3, -0.25) is 0 Å². The van der Waals surface area contributed by atoms with E-state index in [0.717, 1.165) is 12.8 Å². The van der Waals surface area contributed by atoms with Crippen molar-refractivity contribution in [2.24, 2.45) is 5.92 Å². The number of aliphatic hydroxyl groups excluding tert-OH is 1. The summed E-state index contributed by atoms with van der Waals surface area (Å²) in [5.74, 6) is 0.401. The second-order valence-corrected chi connectivity index (χ2v) is 5.66. The number of ether oxygens (including phenoxy) is 2. The van der Waals surface area contributed by atoms with Gasteiger partial charge in [0.25, 0.3) is 0 Å². The minimum atomic E-state index is -0.750. The molecular weight excluding hydrogens is 300 g/mol. The number of benzene rings is 1. The molecule has 126 valence electrons. The van der Waals surface area contributed by atoms with Gasteiger partial charge in [0, 0.05) is 0 Å². The van der Waals surface area contributed by atoms with E-state index in [2.05, 4.69) is 13.8 Å². The van der Waals surface area contributed by atoms with Gasteiger partial charge in [-0.25, -0.2) is 4.79 Å². The van der Waals surface area contributed by atoms with Crippen LogP contribution in [-0.2, 0) is 0 Å². The van der Waals surface area contributed by atoms with Crippen LogP contribution in [0.25, 0.3) is 11.0 Å². The molecule has 0 radical (unpaired) electrons. The van der Waals surface area contributed by atoms with Gasteiger partial charge in [0.2, 0.25) is 5.75 Å². The van der Waals surface area contributed by atoms with E-state index < -0.39 is 5.63 Å². The molecule has 2 aromatic rings. The van der Waals surface area contributed by atoms with E-state index in [-0.39, 0.29) is 36.0 Å². The molecule has 0 amide bonds. The molecule has 0 aliphatic heterocycles. The first-order valence-electron chi connectivity index (χ1n) is 7.69. The minimum absolute atomic E-state index is 0.0665. The minimum Gasteiger partial charge on any atom is -0.504 e. The maximum atomic E-state index is 12.1. The zero-order valence-corrected chi connectivity index (χ0v) is 13.4. The SMILES string of the molecule is CC(C)CCCOc1c(O)c2cccc(OCCO)c2oc1=O. The number of fused-ring (bicyclic) bond motifs is 1. The van der Waals surface area contributed by atoms with Gasteiger partial charge in [-0.15, -0.1) is 0 Å². The molecular formula is C17H22O6. The molecule has 6 heteroatoms. The highest BCUT2D eigenvalue weighted by Gasteiger charge is 2.18. The Morgan fingerprint density at radius 1 is 1.22 bits per heavy atom. The van der Waals surface area contributed by atoms with Gasteiger partial charge < -0.3 is 24.1 Å².